The maximum absolute atomic E-state index is 7.32. The van der Waals surface area contributed by atoms with Crippen LogP contribution in [0.3, 0.4) is 0 Å². The number of nitrogens with two attached hydrogens (primary N) is 1. The molecule has 18 heavy (non-hydrogen) atoms. The lowest BCUT2D eigenvalue weighted by Gasteiger charge is -2.25. The molecule has 1 aromatic carbocycles. The number of nitrogens with one attached hydrogen (secondary N) is 1. The van der Waals surface area contributed by atoms with Gasteiger partial charge in [-0.15, -0.1) is 0 Å². The van der Waals surface area contributed by atoms with Gasteiger partial charge in [-0.3, -0.25) is 5.41 Å². The van der Waals surface area contributed by atoms with Gasteiger partial charge in [-0.05, 0) is 26.0 Å². The van der Waals surface area contributed by atoms with E-state index in [-0.39, 0.29) is 11.9 Å². The van der Waals surface area contributed by atoms with E-state index in [1.807, 2.05) is 32.0 Å². The van der Waals surface area contributed by atoms with Gasteiger partial charge in [0, 0.05) is 25.2 Å². The van der Waals surface area contributed by atoms with Crippen molar-refractivity contribution >= 4 is 11.5 Å². The molecular formula is C14H23N3O. The van der Waals surface area contributed by atoms with E-state index < -0.39 is 0 Å². The quantitative estimate of drug-likeness (QED) is 0.548. The Balaban J connectivity index is 2.55. The molecule has 0 aliphatic rings. The Kier molecular flexibility index (Phi) is 6.22. The van der Waals surface area contributed by atoms with E-state index in [4.69, 9.17) is 15.9 Å². The number of amidine groups is 1. The Morgan fingerprint density at radius 2 is 1.94 bits per heavy atom. The van der Waals surface area contributed by atoms with Gasteiger partial charge >= 0.3 is 0 Å². The average molecular weight is 249 g/mol. The molecule has 4 nitrogen and oxygen atoms in total. The molecule has 0 bridgehead atoms. The first-order chi connectivity index (χ1) is 8.59. The summed E-state index contributed by atoms with van der Waals surface area (Å²) < 4.78 is 5.57. The number of para-hydroxylation sites is 1. The smallest absolute Gasteiger partial charge is 0.0923 e. The number of rotatable bonds is 8. The van der Waals surface area contributed by atoms with Crippen LogP contribution < -0.4 is 10.6 Å². The molecule has 3 N–H and O–H groups in total. The molecule has 0 heterocycles. The van der Waals surface area contributed by atoms with E-state index in [1.165, 1.54) is 0 Å². The lowest BCUT2D eigenvalue weighted by Crippen LogP contribution is -2.31. The fraction of sp³-hybridized carbons (Fsp3) is 0.500. The largest absolute Gasteiger partial charge is 0.388 e. The Morgan fingerprint density at radius 1 is 1.28 bits per heavy atom. The summed E-state index contributed by atoms with van der Waals surface area (Å²) in [5, 5.41) is 7.32. The zero-order chi connectivity index (χ0) is 13.4. The fourth-order valence-electron chi connectivity index (χ4n) is 1.66. The molecule has 0 aliphatic heterocycles. The normalized spacial score (nSPS) is 10.6. The van der Waals surface area contributed by atoms with Crippen molar-refractivity contribution in [1.82, 2.24) is 0 Å². The standard InChI is InChI=1S/C14H23N3O/c1-12(2)18-11-10-17(9-8-14(15)16)13-6-4-3-5-7-13/h3-7,12H,8-11H2,1-2H3,(H3,15,16). The Labute approximate surface area is 109 Å². The van der Waals surface area contributed by atoms with Gasteiger partial charge in [-0.2, -0.15) is 0 Å². The minimum Gasteiger partial charge on any atom is -0.388 e. The van der Waals surface area contributed by atoms with Crippen LogP contribution in [0, 0.1) is 5.41 Å². The first-order valence-electron chi connectivity index (χ1n) is 6.34. The van der Waals surface area contributed by atoms with Crippen molar-refractivity contribution in [3.63, 3.8) is 0 Å². The van der Waals surface area contributed by atoms with Crippen molar-refractivity contribution in [1.29, 1.82) is 5.41 Å². The van der Waals surface area contributed by atoms with E-state index in [2.05, 4.69) is 17.0 Å². The minimum atomic E-state index is 0.223. The van der Waals surface area contributed by atoms with Gasteiger partial charge in [-0.1, -0.05) is 18.2 Å². The topological polar surface area (TPSA) is 62.3 Å². The number of nitrogens with zero attached hydrogens (tertiary/aromatic N) is 1. The number of hydrogen-bond acceptors (Lipinski definition) is 3. The summed E-state index contributed by atoms with van der Waals surface area (Å²) in [5.74, 6) is 0.223. The highest BCUT2D eigenvalue weighted by Gasteiger charge is 2.07. The van der Waals surface area contributed by atoms with Crippen molar-refractivity contribution < 1.29 is 4.74 Å². The third-order valence-electron chi connectivity index (χ3n) is 2.58. The summed E-state index contributed by atoms with van der Waals surface area (Å²) in [5.41, 5.74) is 6.57. The molecule has 0 fully saturated rings. The van der Waals surface area contributed by atoms with Gasteiger partial charge in [-0.25, -0.2) is 0 Å². The van der Waals surface area contributed by atoms with E-state index in [0.717, 1.165) is 18.8 Å². The van der Waals surface area contributed by atoms with Gasteiger partial charge in [0.15, 0.2) is 0 Å². The highest BCUT2D eigenvalue weighted by atomic mass is 16.5. The molecule has 0 aliphatic carbocycles. The molecule has 1 aromatic rings. The van der Waals surface area contributed by atoms with E-state index >= 15 is 0 Å². The van der Waals surface area contributed by atoms with E-state index in [1.54, 1.807) is 0 Å². The average Bonchev–Trinajstić information content (AvgIpc) is 2.34. The van der Waals surface area contributed by atoms with E-state index in [9.17, 15) is 0 Å². The first kappa shape index (κ1) is 14.5. The molecule has 0 radical (unpaired) electrons. The van der Waals surface area contributed by atoms with Gasteiger partial charge in [0.05, 0.1) is 18.5 Å². The van der Waals surface area contributed by atoms with Crippen LogP contribution in [0.25, 0.3) is 0 Å². The third kappa shape index (κ3) is 5.68. The summed E-state index contributed by atoms with van der Waals surface area (Å²) in [4.78, 5) is 2.20. The van der Waals surface area contributed by atoms with Crippen LogP contribution in [0.5, 0.6) is 0 Å². The highest BCUT2D eigenvalue weighted by Crippen LogP contribution is 2.13. The van der Waals surface area contributed by atoms with Gasteiger partial charge in [0.25, 0.3) is 0 Å². The minimum absolute atomic E-state index is 0.223. The zero-order valence-electron chi connectivity index (χ0n) is 11.2. The summed E-state index contributed by atoms with van der Waals surface area (Å²) in [7, 11) is 0. The fourth-order valence-corrected chi connectivity index (χ4v) is 1.66. The molecule has 0 saturated carbocycles. The summed E-state index contributed by atoms with van der Waals surface area (Å²) in [6.45, 7) is 6.31. The molecule has 100 valence electrons. The molecule has 0 unspecified atom stereocenters. The number of benzene rings is 1. The zero-order valence-corrected chi connectivity index (χ0v) is 11.2. The Hall–Kier alpha value is -1.55. The second-order valence-electron chi connectivity index (χ2n) is 4.52. The molecule has 1 rings (SSSR count). The molecule has 0 spiro atoms. The third-order valence-corrected chi connectivity index (χ3v) is 2.58. The van der Waals surface area contributed by atoms with Crippen molar-refractivity contribution in [2.45, 2.75) is 26.4 Å². The molecule has 0 saturated heterocycles. The SMILES string of the molecule is CC(C)OCCN(CCC(=N)N)c1ccccc1. The summed E-state index contributed by atoms with van der Waals surface area (Å²) in [6.07, 6.45) is 0.826. The predicted molar refractivity (Wildman–Crippen MR) is 76.3 cm³/mol. The van der Waals surface area contributed by atoms with Gasteiger partial charge < -0.3 is 15.4 Å². The number of hydrogen-bond donors (Lipinski definition) is 2. The van der Waals surface area contributed by atoms with Crippen LogP contribution in [0.15, 0.2) is 30.3 Å². The van der Waals surface area contributed by atoms with Crippen LogP contribution in [-0.4, -0.2) is 31.6 Å². The lowest BCUT2D eigenvalue weighted by molar-refractivity contribution is 0.0841. The van der Waals surface area contributed by atoms with Crippen molar-refractivity contribution in [2.24, 2.45) is 5.73 Å². The molecule has 0 amide bonds. The van der Waals surface area contributed by atoms with Crippen LogP contribution in [0.1, 0.15) is 20.3 Å². The summed E-state index contributed by atoms with van der Waals surface area (Å²) >= 11 is 0. The monoisotopic (exact) mass is 249 g/mol. The van der Waals surface area contributed by atoms with Crippen LogP contribution >= 0.6 is 0 Å². The second kappa shape index (κ2) is 7.71. The van der Waals surface area contributed by atoms with E-state index in [0.29, 0.717) is 13.0 Å². The maximum atomic E-state index is 7.32. The number of anilines is 1. The van der Waals surface area contributed by atoms with Gasteiger partial charge in [0.1, 0.15) is 0 Å². The van der Waals surface area contributed by atoms with Crippen LogP contribution in [0.2, 0.25) is 0 Å². The Morgan fingerprint density at radius 3 is 2.50 bits per heavy atom. The molecule has 0 aromatic heterocycles. The first-order valence-corrected chi connectivity index (χ1v) is 6.34. The lowest BCUT2D eigenvalue weighted by atomic mass is 10.2. The second-order valence-corrected chi connectivity index (χ2v) is 4.52. The molecule has 0 atom stereocenters. The van der Waals surface area contributed by atoms with Crippen molar-refractivity contribution in [3.05, 3.63) is 30.3 Å². The number of ether oxygens (including phenoxy) is 1. The van der Waals surface area contributed by atoms with Crippen LogP contribution in [0.4, 0.5) is 5.69 Å². The maximum Gasteiger partial charge on any atom is 0.0923 e. The highest BCUT2D eigenvalue weighted by molar-refractivity contribution is 5.77. The Bertz CT molecular complexity index is 351. The van der Waals surface area contributed by atoms with Crippen LogP contribution in [-0.2, 0) is 4.74 Å². The predicted octanol–water partition coefficient (Wildman–Crippen LogP) is 2.24. The molecule has 4 heteroatoms. The van der Waals surface area contributed by atoms with Crippen molar-refractivity contribution in [3.8, 4) is 0 Å². The van der Waals surface area contributed by atoms with Crippen molar-refractivity contribution in [2.75, 3.05) is 24.6 Å². The van der Waals surface area contributed by atoms with Gasteiger partial charge in [0.2, 0.25) is 0 Å². The summed E-state index contributed by atoms with van der Waals surface area (Å²) in [6, 6.07) is 10.2. The molecular weight excluding hydrogens is 226 g/mol.